The van der Waals surface area contributed by atoms with Gasteiger partial charge in [-0.15, -0.1) is 0 Å². The molecule has 0 atom stereocenters. The van der Waals surface area contributed by atoms with E-state index in [1.807, 2.05) is 0 Å². The van der Waals surface area contributed by atoms with Crippen LogP contribution in [0.2, 0.25) is 20.1 Å². The summed E-state index contributed by atoms with van der Waals surface area (Å²) < 4.78 is 16.0. The minimum Gasteiger partial charge on any atom is -0.493 e. The van der Waals surface area contributed by atoms with Gasteiger partial charge in [0, 0.05) is 29.2 Å². The van der Waals surface area contributed by atoms with Crippen LogP contribution in [0.25, 0.3) is 17.2 Å². The molecule has 47 heavy (non-hydrogen) atoms. The molecule has 240 valence electrons. The number of fused-ring (bicyclic) bond motifs is 1. The molecule has 0 spiro atoms. The number of halogens is 4. The van der Waals surface area contributed by atoms with E-state index in [9.17, 15) is 14.4 Å². The van der Waals surface area contributed by atoms with Crippen LogP contribution in [0.15, 0.2) is 69.1 Å². The predicted octanol–water partition coefficient (Wildman–Crippen LogP) is 7.30. The van der Waals surface area contributed by atoms with Crippen LogP contribution in [0.4, 0.5) is 5.69 Å². The van der Waals surface area contributed by atoms with Gasteiger partial charge in [-0.05, 0) is 59.7 Å². The summed E-state index contributed by atoms with van der Waals surface area (Å²) in [4.78, 5) is 45.7. The number of nitrogens with zero attached hydrogens (tertiary/aromatic N) is 5. The summed E-state index contributed by atoms with van der Waals surface area (Å²) >= 11 is 31.6. The lowest BCUT2D eigenvalue weighted by molar-refractivity contribution is -0.113. The Morgan fingerprint density at radius 3 is 2.28 bits per heavy atom. The van der Waals surface area contributed by atoms with Crippen molar-refractivity contribution in [3.8, 4) is 17.5 Å². The van der Waals surface area contributed by atoms with E-state index in [0.717, 1.165) is 16.3 Å². The Morgan fingerprint density at radius 1 is 0.894 bits per heavy atom. The molecule has 10 nitrogen and oxygen atoms in total. The van der Waals surface area contributed by atoms with Gasteiger partial charge in [0.05, 0.1) is 29.3 Å². The number of hydrogen-bond donors (Lipinski definition) is 0. The Morgan fingerprint density at radius 2 is 1.60 bits per heavy atom. The van der Waals surface area contributed by atoms with E-state index in [2.05, 4.69) is 4.98 Å². The summed E-state index contributed by atoms with van der Waals surface area (Å²) in [7, 11) is 4.36. The molecule has 3 heterocycles. The van der Waals surface area contributed by atoms with Gasteiger partial charge >= 0.3 is 11.7 Å². The summed E-state index contributed by atoms with van der Waals surface area (Å²) in [6.07, 6.45) is 1.67. The zero-order chi connectivity index (χ0) is 33.7. The van der Waals surface area contributed by atoms with Crippen LogP contribution in [-0.4, -0.2) is 36.0 Å². The van der Waals surface area contributed by atoms with Gasteiger partial charge in [0.25, 0.3) is 11.5 Å². The average Bonchev–Trinajstić information content (AvgIpc) is 3.52. The van der Waals surface area contributed by atoms with Crippen LogP contribution in [0.1, 0.15) is 11.1 Å². The number of ether oxygens (including phenoxy) is 2. The molecule has 1 aliphatic heterocycles. The number of aromatic nitrogens is 4. The molecule has 2 aromatic heterocycles. The number of hydrogen-bond acceptors (Lipinski definition) is 8. The molecule has 1 amide bonds. The fourth-order valence-electron chi connectivity index (χ4n) is 4.92. The maximum Gasteiger partial charge on any atom is 0.332 e. The number of carbonyl (C=O) groups is 1. The highest BCUT2D eigenvalue weighted by Gasteiger charge is 2.34. The predicted molar refractivity (Wildman–Crippen MR) is 191 cm³/mol. The first-order valence-electron chi connectivity index (χ1n) is 13.6. The van der Waals surface area contributed by atoms with Gasteiger partial charge in [-0.1, -0.05) is 82.5 Å². The minimum absolute atomic E-state index is 0.0103. The lowest BCUT2D eigenvalue weighted by Crippen LogP contribution is -2.37. The van der Waals surface area contributed by atoms with Crippen molar-refractivity contribution in [1.82, 2.24) is 18.7 Å². The topological polar surface area (TPSA) is 101 Å². The molecule has 1 fully saturated rings. The summed E-state index contributed by atoms with van der Waals surface area (Å²) in [5.41, 5.74) is 0.832. The first kappa shape index (κ1) is 33.1. The third-order valence-corrected chi connectivity index (χ3v) is 9.71. The molecule has 0 saturated carbocycles. The number of carbonyl (C=O) groups excluding carboxylic acids is 1. The molecular weight excluding hydrogens is 728 g/mol. The molecule has 0 aliphatic carbocycles. The second kappa shape index (κ2) is 13.0. The molecule has 0 radical (unpaired) electrons. The van der Waals surface area contributed by atoms with Gasteiger partial charge in [-0.3, -0.25) is 28.2 Å². The van der Waals surface area contributed by atoms with Crippen molar-refractivity contribution in [3.05, 3.63) is 112 Å². The van der Waals surface area contributed by atoms with E-state index in [1.165, 1.54) is 35.2 Å². The number of anilines is 1. The summed E-state index contributed by atoms with van der Waals surface area (Å²) in [6.45, 7) is 0.0785. The molecule has 0 N–H and O–H groups in total. The second-order valence-electron chi connectivity index (χ2n) is 10.2. The van der Waals surface area contributed by atoms with Crippen molar-refractivity contribution in [2.45, 2.75) is 6.54 Å². The van der Waals surface area contributed by atoms with Crippen molar-refractivity contribution in [2.75, 3.05) is 12.0 Å². The number of imidazole rings is 1. The Labute approximate surface area is 296 Å². The minimum atomic E-state index is -0.560. The Balaban J connectivity index is 1.38. The zero-order valence-electron chi connectivity index (χ0n) is 24.6. The molecule has 0 unspecified atom stereocenters. The summed E-state index contributed by atoms with van der Waals surface area (Å²) in [5.74, 6) is 0.218. The highest BCUT2D eigenvalue weighted by atomic mass is 35.5. The van der Waals surface area contributed by atoms with E-state index in [4.69, 9.17) is 68.1 Å². The Bertz CT molecular complexity index is 2300. The Kier molecular flexibility index (Phi) is 9.18. The molecule has 16 heteroatoms. The first-order valence-corrected chi connectivity index (χ1v) is 16.3. The number of benzene rings is 3. The lowest BCUT2D eigenvalue weighted by Gasteiger charge is -2.16. The third-order valence-electron chi connectivity index (χ3n) is 7.29. The normalized spacial score (nSPS) is 14.1. The number of methoxy groups -OCH3 is 1. The summed E-state index contributed by atoms with van der Waals surface area (Å²) in [5, 5.41) is 1.55. The van der Waals surface area contributed by atoms with E-state index in [1.54, 1.807) is 60.7 Å². The fraction of sp³-hybridized carbons (Fsp3) is 0.129. The molecule has 0 bridgehead atoms. The number of thioether (sulfide) groups is 1. The fourth-order valence-corrected chi connectivity index (χ4v) is 7.16. The SMILES string of the molecule is COc1cc(/C=C2/SC(=S)N(c3ccc(Cl)cc3Cl)C2=O)ccc1Oc1nc2c(c(=O)n(C)c(=O)n2C)n1Cc1ccc(Cl)cc1Cl. The number of thiocarbonyl (C=S) groups is 1. The molecule has 1 aliphatic rings. The molecule has 3 aromatic carbocycles. The largest absolute Gasteiger partial charge is 0.493 e. The maximum atomic E-state index is 13.4. The van der Waals surface area contributed by atoms with Crippen molar-refractivity contribution < 1.29 is 14.3 Å². The van der Waals surface area contributed by atoms with Gasteiger partial charge in [-0.25, -0.2) is 4.79 Å². The maximum absolute atomic E-state index is 13.4. The third kappa shape index (κ3) is 6.17. The molecule has 1 saturated heterocycles. The quantitative estimate of drug-likeness (QED) is 0.126. The monoisotopic (exact) mass is 747 g/mol. The van der Waals surface area contributed by atoms with Gasteiger partial charge in [-0.2, -0.15) is 4.98 Å². The van der Waals surface area contributed by atoms with Crippen LogP contribution in [0.3, 0.4) is 0 Å². The van der Waals surface area contributed by atoms with Crippen LogP contribution in [-0.2, 0) is 25.4 Å². The average molecular weight is 749 g/mol. The standard InChI is InChI=1S/C31H21Cl4N5O5S2/c1-37-26-25(28(42)38(2)30(37)43)39(14-16-5-6-17(32)12-19(16)34)29(36-26)45-22-9-4-15(10-23(22)44-3)11-24-27(41)40(31(46)47-24)21-8-7-18(33)13-20(21)35/h4-13H,14H2,1-3H3/b24-11+. The van der Waals surface area contributed by atoms with Crippen LogP contribution < -0.4 is 25.6 Å². The van der Waals surface area contributed by atoms with Crippen molar-refractivity contribution in [2.24, 2.45) is 14.1 Å². The Hall–Kier alpha value is -3.78. The number of rotatable bonds is 7. The second-order valence-corrected chi connectivity index (χ2v) is 13.6. The van der Waals surface area contributed by atoms with Crippen LogP contribution in [0.5, 0.6) is 17.5 Å². The van der Waals surface area contributed by atoms with Gasteiger partial charge in [0.2, 0.25) is 0 Å². The molecular formula is C31H21Cl4N5O5S2. The number of aryl methyl sites for hydroxylation is 1. The molecule has 5 aromatic rings. The summed E-state index contributed by atoms with van der Waals surface area (Å²) in [6, 6.07) is 14.8. The van der Waals surface area contributed by atoms with Gasteiger partial charge in [0.15, 0.2) is 27.0 Å². The van der Waals surface area contributed by atoms with Crippen molar-refractivity contribution in [3.63, 3.8) is 0 Å². The van der Waals surface area contributed by atoms with Crippen molar-refractivity contribution >= 4 is 104 Å². The van der Waals surface area contributed by atoms with Crippen LogP contribution >= 0.6 is 70.4 Å². The van der Waals surface area contributed by atoms with Crippen LogP contribution in [0, 0.1) is 0 Å². The first-order chi connectivity index (χ1) is 22.4. The van der Waals surface area contributed by atoms with E-state index < -0.39 is 11.2 Å². The highest BCUT2D eigenvalue weighted by molar-refractivity contribution is 8.27. The van der Waals surface area contributed by atoms with E-state index >= 15 is 0 Å². The van der Waals surface area contributed by atoms with E-state index in [0.29, 0.717) is 51.9 Å². The van der Waals surface area contributed by atoms with Gasteiger partial charge in [0.1, 0.15) is 0 Å². The lowest BCUT2D eigenvalue weighted by atomic mass is 10.2. The smallest absolute Gasteiger partial charge is 0.332 e. The van der Waals surface area contributed by atoms with Gasteiger partial charge < -0.3 is 9.47 Å². The van der Waals surface area contributed by atoms with Crippen molar-refractivity contribution in [1.29, 1.82) is 0 Å². The molecule has 6 rings (SSSR count). The van der Waals surface area contributed by atoms with E-state index in [-0.39, 0.29) is 35.4 Å². The number of amides is 1. The zero-order valence-corrected chi connectivity index (χ0v) is 29.2. The highest BCUT2D eigenvalue weighted by Crippen LogP contribution is 2.41.